The summed E-state index contributed by atoms with van der Waals surface area (Å²) in [4.78, 5) is 0. The van der Waals surface area contributed by atoms with E-state index in [9.17, 15) is 0 Å². The van der Waals surface area contributed by atoms with Crippen LogP contribution in [-0.2, 0) is 6.42 Å². The lowest BCUT2D eigenvalue weighted by Gasteiger charge is -2.18. The van der Waals surface area contributed by atoms with Gasteiger partial charge in [0, 0.05) is 6.54 Å². The normalized spacial score (nSPS) is 10.2. The molecule has 2 rings (SSSR count). The molecule has 0 radical (unpaired) electrons. The zero-order chi connectivity index (χ0) is 12.1. The van der Waals surface area contributed by atoms with Crippen molar-refractivity contribution >= 4 is 5.69 Å². The highest BCUT2D eigenvalue weighted by Gasteiger charge is 2.00. The first-order valence-corrected chi connectivity index (χ1v) is 5.88. The quantitative estimate of drug-likeness (QED) is 0.641. The summed E-state index contributed by atoms with van der Waals surface area (Å²) in [6.45, 7) is 2.93. The molecule has 0 aliphatic heterocycles. The smallest absolute Gasteiger partial charge is 0.0517 e. The van der Waals surface area contributed by atoms with Gasteiger partial charge in [-0.2, -0.15) is 0 Å². The average Bonchev–Trinajstić information content (AvgIpc) is 2.39. The second kappa shape index (κ2) is 5.51. The first-order chi connectivity index (χ1) is 8.25. The van der Waals surface area contributed by atoms with E-state index in [-0.39, 0.29) is 0 Å². The molecule has 88 valence electrons. The van der Waals surface area contributed by atoms with E-state index < -0.39 is 0 Å². The third-order valence-electron chi connectivity index (χ3n) is 2.85. The first kappa shape index (κ1) is 11.7. The standard InChI is InChI=1S/C15H18N2/c1-13-7-9-14(10-8-13)11-12-17(16)15-5-3-2-4-6-15/h2-10H,11-12,16H2,1H3. The molecule has 0 spiro atoms. The highest BCUT2D eigenvalue weighted by Crippen LogP contribution is 2.10. The van der Waals surface area contributed by atoms with E-state index in [1.165, 1.54) is 11.1 Å². The van der Waals surface area contributed by atoms with Crippen molar-refractivity contribution in [2.45, 2.75) is 13.3 Å². The Balaban J connectivity index is 1.92. The third kappa shape index (κ3) is 3.33. The molecule has 0 saturated heterocycles. The molecule has 2 aromatic rings. The number of anilines is 1. The number of hydrogen-bond donors (Lipinski definition) is 1. The molecule has 17 heavy (non-hydrogen) atoms. The molecular weight excluding hydrogens is 208 g/mol. The van der Waals surface area contributed by atoms with E-state index >= 15 is 0 Å². The molecule has 2 heteroatoms. The zero-order valence-electron chi connectivity index (χ0n) is 10.1. The average molecular weight is 226 g/mol. The van der Waals surface area contributed by atoms with Gasteiger partial charge in [-0.15, -0.1) is 0 Å². The van der Waals surface area contributed by atoms with Gasteiger partial charge in [-0.3, -0.25) is 0 Å². The van der Waals surface area contributed by atoms with Crippen LogP contribution in [0.25, 0.3) is 0 Å². The predicted molar refractivity (Wildman–Crippen MR) is 72.9 cm³/mol. The zero-order valence-corrected chi connectivity index (χ0v) is 10.1. The van der Waals surface area contributed by atoms with Crippen LogP contribution in [0.1, 0.15) is 11.1 Å². The molecule has 0 unspecified atom stereocenters. The molecule has 2 N–H and O–H groups in total. The third-order valence-corrected chi connectivity index (χ3v) is 2.85. The Morgan fingerprint density at radius 2 is 1.59 bits per heavy atom. The summed E-state index contributed by atoms with van der Waals surface area (Å²) in [6.07, 6.45) is 0.964. The number of aryl methyl sites for hydroxylation is 1. The van der Waals surface area contributed by atoms with Crippen LogP contribution in [-0.4, -0.2) is 6.54 Å². The van der Waals surface area contributed by atoms with Gasteiger partial charge in [0.2, 0.25) is 0 Å². The maximum atomic E-state index is 6.01. The van der Waals surface area contributed by atoms with Crippen molar-refractivity contribution < 1.29 is 0 Å². The Bertz CT molecular complexity index is 448. The number of nitrogens with zero attached hydrogens (tertiary/aromatic N) is 1. The van der Waals surface area contributed by atoms with Gasteiger partial charge in [-0.25, -0.2) is 5.84 Å². The highest BCUT2D eigenvalue weighted by molar-refractivity contribution is 5.44. The van der Waals surface area contributed by atoms with E-state index in [2.05, 4.69) is 31.2 Å². The van der Waals surface area contributed by atoms with Crippen LogP contribution in [0.4, 0.5) is 5.69 Å². The molecule has 2 aromatic carbocycles. The number of rotatable bonds is 4. The number of nitrogens with two attached hydrogens (primary N) is 1. The van der Waals surface area contributed by atoms with Gasteiger partial charge in [0.15, 0.2) is 0 Å². The molecule has 0 bridgehead atoms. The second-order valence-electron chi connectivity index (χ2n) is 4.26. The van der Waals surface area contributed by atoms with Crippen LogP contribution in [0, 0.1) is 6.92 Å². The van der Waals surface area contributed by atoms with Gasteiger partial charge < -0.3 is 5.01 Å². The number of para-hydroxylation sites is 1. The Morgan fingerprint density at radius 1 is 0.941 bits per heavy atom. The number of hydrogen-bond acceptors (Lipinski definition) is 2. The molecular formula is C15H18N2. The van der Waals surface area contributed by atoms with Crippen molar-refractivity contribution in [2.75, 3.05) is 11.6 Å². The molecule has 0 fully saturated rings. The molecule has 0 amide bonds. The fraction of sp³-hybridized carbons (Fsp3) is 0.200. The highest BCUT2D eigenvalue weighted by atomic mass is 15.4. The molecule has 0 aliphatic rings. The minimum Gasteiger partial charge on any atom is -0.311 e. The van der Waals surface area contributed by atoms with Crippen molar-refractivity contribution in [1.82, 2.24) is 0 Å². The lowest BCUT2D eigenvalue weighted by Crippen LogP contribution is -2.32. The van der Waals surface area contributed by atoms with Crippen LogP contribution in [0.5, 0.6) is 0 Å². The topological polar surface area (TPSA) is 29.3 Å². The summed E-state index contributed by atoms with van der Waals surface area (Å²) in [6, 6.07) is 18.6. The lowest BCUT2D eigenvalue weighted by atomic mass is 10.1. The van der Waals surface area contributed by atoms with Crippen molar-refractivity contribution in [3.8, 4) is 0 Å². The number of benzene rings is 2. The van der Waals surface area contributed by atoms with Gasteiger partial charge >= 0.3 is 0 Å². The maximum Gasteiger partial charge on any atom is 0.0517 e. The van der Waals surface area contributed by atoms with E-state index in [1.54, 1.807) is 5.01 Å². The first-order valence-electron chi connectivity index (χ1n) is 5.88. The lowest BCUT2D eigenvalue weighted by molar-refractivity contribution is 0.824. The van der Waals surface area contributed by atoms with Gasteiger partial charge in [-0.05, 0) is 31.0 Å². The summed E-state index contributed by atoms with van der Waals surface area (Å²) >= 11 is 0. The molecule has 0 heterocycles. The Morgan fingerprint density at radius 3 is 2.24 bits per heavy atom. The SMILES string of the molecule is Cc1ccc(CCN(N)c2ccccc2)cc1. The maximum absolute atomic E-state index is 6.01. The van der Waals surface area contributed by atoms with E-state index in [1.807, 2.05) is 30.3 Å². The van der Waals surface area contributed by atoms with Crippen molar-refractivity contribution in [3.63, 3.8) is 0 Å². The summed E-state index contributed by atoms with van der Waals surface area (Å²) < 4.78 is 0. The predicted octanol–water partition coefficient (Wildman–Crippen LogP) is 2.92. The van der Waals surface area contributed by atoms with Gasteiger partial charge in [0.1, 0.15) is 0 Å². The van der Waals surface area contributed by atoms with E-state index in [0.29, 0.717) is 0 Å². The van der Waals surface area contributed by atoms with Gasteiger partial charge in [-0.1, -0.05) is 48.0 Å². The monoisotopic (exact) mass is 226 g/mol. The van der Waals surface area contributed by atoms with Crippen molar-refractivity contribution in [3.05, 3.63) is 65.7 Å². The van der Waals surface area contributed by atoms with Crippen LogP contribution in [0.2, 0.25) is 0 Å². The second-order valence-corrected chi connectivity index (χ2v) is 4.26. The van der Waals surface area contributed by atoms with Gasteiger partial charge in [0.05, 0.1) is 5.69 Å². The largest absolute Gasteiger partial charge is 0.311 e. The summed E-state index contributed by atoms with van der Waals surface area (Å²) in [7, 11) is 0. The minimum absolute atomic E-state index is 0.826. The van der Waals surface area contributed by atoms with Crippen molar-refractivity contribution in [1.29, 1.82) is 0 Å². The molecule has 0 saturated carbocycles. The van der Waals surface area contributed by atoms with Crippen LogP contribution in [0.15, 0.2) is 54.6 Å². The summed E-state index contributed by atoms with van der Waals surface area (Å²) in [5, 5.41) is 1.79. The molecule has 0 aromatic heterocycles. The van der Waals surface area contributed by atoms with E-state index in [0.717, 1.165) is 18.7 Å². The Kier molecular flexibility index (Phi) is 3.78. The minimum atomic E-state index is 0.826. The Hall–Kier alpha value is -1.80. The van der Waals surface area contributed by atoms with Crippen LogP contribution in [0.3, 0.4) is 0 Å². The van der Waals surface area contributed by atoms with Crippen LogP contribution >= 0.6 is 0 Å². The molecule has 0 aliphatic carbocycles. The molecule has 2 nitrogen and oxygen atoms in total. The van der Waals surface area contributed by atoms with Crippen LogP contribution < -0.4 is 10.9 Å². The summed E-state index contributed by atoms with van der Waals surface area (Å²) in [5.41, 5.74) is 3.67. The van der Waals surface area contributed by atoms with Crippen molar-refractivity contribution in [2.24, 2.45) is 5.84 Å². The fourth-order valence-corrected chi connectivity index (χ4v) is 1.75. The van der Waals surface area contributed by atoms with Gasteiger partial charge in [0.25, 0.3) is 0 Å². The molecule has 0 atom stereocenters. The Labute approximate surface area is 103 Å². The number of hydrazine groups is 1. The fourth-order valence-electron chi connectivity index (χ4n) is 1.75. The summed E-state index contributed by atoms with van der Waals surface area (Å²) in [5.74, 6) is 6.01. The van der Waals surface area contributed by atoms with E-state index in [4.69, 9.17) is 5.84 Å².